The van der Waals surface area contributed by atoms with Gasteiger partial charge in [-0.15, -0.1) is 0 Å². The summed E-state index contributed by atoms with van der Waals surface area (Å²) in [5, 5.41) is 3.11. The van der Waals surface area contributed by atoms with Gasteiger partial charge in [0.1, 0.15) is 11.6 Å². The number of hydrazine groups is 1. The number of hydrogen-bond acceptors (Lipinski definition) is 6. The number of nitrogens with two attached hydrogens (primary N) is 1. The van der Waals surface area contributed by atoms with Crippen molar-refractivity contribution in [3.8, 4) is 0 Å². The van der Waals surface area contributed by atoms with Crippen LogP contribution in [0.15, 0.2) is 24.8 Å². The summed E-state index contributed by atoms with van der Waals surface area (Å²) in [7, 11) is 1.94. The minimum absolute atomic E-state index is 0.518. The summed E-state index contributed by atoms with van der Waals surface area (Å²) < 4.78 is 1.94. The summed E-state index contributed by atoms with van der Waals surface area (Å²) in [6, 6.07) is 0. The number of nitrogens with one attached hydrogen (secondary N) is 2. The van der Waals surface area contributed by atoms with Gasteiger partial charge in [-0.1, -0.05) is 0 Å². The SMILES string of the molecule is Cn1ccnc1CNc1cncc(NN)n1. The Hall–Kier alpha value is -2.15. The molecule has 2 rings (SSSR count). The van der Waals surface area contributed by atoms with Crippen molar-refractivity contribution >= 4 is 11.6 Å². The first kappa shape index (κ1) is 10.4. The molecule has 0 aliphatic rings. The Kier molecular flexibility index (Phi) is 2.97. The fraction of sp³-hybridized carbons (Fsp3) is 0.222. The van der Waals surface area contributed by atoms with E-state index in [1.165, 1.54) is 0 Å². The molecule has 84 valence electrons. The van der Waals surface area contributed by atoms with Gasteiger partial charge in [0.2, 0.25) is 0 Å². The first-order valence-electron chi connectivity index (χ1n) is 4.78. The molecule has 0 spiro atoms. The summed E-state index contributed by atoms with van der Waals surface area (Å²) >= 11 is 0. The topological polar surface area (TPSA) is 93.7 Å². The van der Waals surface area contributed by atoms with E-state index in [2.05, 4.69) is 25.7 Å². The standard InChI is InChI=1S/C9H13N7/c1-16-3-2-12-9(16)6-13-7-4-11-5-8(14-7)15-10/h2-5H,6,10H2,1H3,(H2,13,14,15). The Bertz CT molecular complexity index is 464. The van der Waals surface area contributed by atoms with Crippen LogP contribution in [0.4, 0.5) is 11.6 Å². The second-order valence-corrected chi connectivity index (χ2v) is 3.24. The van der Waals surface area contributed by atoms with Crippen molar-refractivity contribution in [1.29, 1.82) is 0 Å². The van der Waals surface area contributed by atoms with Crippen molar-refractivity contribution in [2.45, 2.75) is 6.54 Å². The molecule has 0 aliphatic carbocycles. The molecule has 0 aliphatic heterocycles. The summed E-state index contributed by atoms with van der Waals surface area (Å²) in [6.45, 7) is 0.589. The molecular weight excluding hydrogens is 206 g/mol. The molecule has 0 aromatic carbocycles. The van der Waals surface area contributed by atoms with E-state index in [1.54, 1.807) is 18.6 Å². The molecule has 7 heteroatoms. The molecule has 0 saturated heterocycles. The molecule has 0 fully saturated rings. The number of hydrogen-bond donors (Lipinski definition) is 3. The molecule has 0 unspecified atom stereocenters. The predicted octanol–water partition coefficient (Wildman–Crippen LogP) is 0.108. The van der Waals surface area contributed by atoms with Crippen LogP contribution in [0.3, 0.4) is 0 Å². The molecule has 7 nitrogen and oxygen atoms in total. The van der Waals surface area contributed by atoms with Crippen LogP contribution in [0.1, 0.15) is 5.82 Å². The van der Waals surface area contributed by atoms with Crippen LogP contribution < -0.4 is 16.6 Å². The normalized spacial score (nSPS) is 10.1. The number of aryl methyl sites for hydroxylation is 1. The van der Waals surface area contributed by atoms with Crippen molar-refractivity contribution in [3.63, 3.8) is 0 Å². The van der Waals surface area contributed by atoms with Crippen LogP contribution in [0, 0.1) is 0 Å². The molecule has 16 heavy (non-hydrogen) atoms. The summed E-state index contributed by atoms with van der Waals surface area (Å²) in [5.74, 6) is 7.33. The third kappa shape index (κ3) is 2.26. The van der Waals surface area contributed by atoms with Crippen LogP contribution in [0.25, 0.3) is 0 Å². The van der Waals surface area contributed by atoms with Crippen molar-refractivity contribution in [2.75, 3.05) is 10.7 Å². The predicted molar refractivity (Wildman–Crippen MR) is 60.4 cm³/mol. The molecular formula is C9H13N7. The van der Waals surface area contributed by atoms with E-state index in [1.807, 2.05) is 17.8 Å². The van der Waals surface area contributed by atoms with E-state index < -0.39 is 0 Å². The van der Waals surface area contributed by atoms with E-state index >= 15 is 0 Å². The molecule has 0 amide bonds. The highest BCUT2D eigenvalue weighted by molar-refractivity contribution is 5.40. The fourth-order valence-electron chi connectivity index (χ4n) is 1.26. The Morgan fingerprint density at radius 2 is 2.19 bits per heavy atom. The van der Waals surface area contributed by atoms with Crippen molar-refractivity contribution in [2.24, 2.45) is 12.9 Å². The van der Waals surface area contributed by atoms with Crippen LogP contribution in [-0.2, 0) is 13.6 Å². The van der Waals surface area contributed by atoms with Gasteiger partial charge < -0.3 is 15.3 Å². The van der Waals surface area contributed by atoms with Gasteiger partial charge >= 0.3 is 0 Å². The largest absolute Gasteiger partial charge is 0.361 e. The van der Waals surface area contributed by atoms with Gasteiger partial charge in [0.15, 0.2) is 5.82 Å². The zero-order valence-corrected chi connectivity index (χ0v) is 8.88. The van der Waals surface area contributed by atoms with Gasteiger partial charge in [-0.25, -0.2) is 15.8 Å². The quantitative estimate of drug-likeness (QED) is 0.499. The first-order valence-corrected chi connectivity index (χ1v) is 4.78. The van der Waals surface area contributed by atoms with E-state index in [0.29, 0.717) is 18.2 Å². The van der Waals surface area contributed by atoms with Gasteiger partial charge in [0, 0.05) is 19.4 Å². The minimum atomic E-state index is 0.518. The lowest BCUT2D eigenvalue weighted by Gasteiger charge is -2.06. The minimum Gasteiger partial charge on any atom is -0.361 e. The number of rotatable bonds is 4. The maximum absolute atomic E-state index is 5.24. The fourth-order valence-corrected chi connectivity index (χ4v) is 1.26. The number of anilines is 2. The zero-order chi connectivity index (χ0) is 11.4. The van der Waals surface area contributed by atoms with E-state index in [-0.39, 0.29) is 0 Å². The van der Waals surface area contributed by atoms with Crippen molar-refractivity contribution in [1.82, 2.24) is 19.5 Å². The summed E-state index contributed by atoms with van der Waals surface area (Å²) in [5.41, 5.74) is 2.44. The zero-order valence-electron chi connectivity index (χ0n) is 8.88. The van der Waals surface area contributed by atoms with Gasteiger partial charge in [0.05, 0.1) is 18.9 Å². The molecule has 2 aromatic rings. The number of nitrogen functional groups attached to an aromatic ring is 1. The highest BCUT2D eigenvalue weighted by Gasteiger charge is 2.00. The summed E-state index contributed by atoms with van der Waals surface area (Å²) in [6.07, 6.45) is 6.82. The monoisotopic (exact) mass is 219 g/mol. The Balaban J connectivity index is 2.02. The van der Waals surface area contributed by atoms with Crippen LogP contribution in [0.2, 0.25) is 0 Å². The number of imidazole rings is 1. The van der Waals surface area contributed by atoms with E-state index in [9.17, 15) is 0 Å². The second kappa shape index (κ2) is 4.58. The highest BCUT2D eigenvalue weighted by Crippen LogP contribution is 2.06. The van der Waals surface area contributed by atoms with Crippen molar-refractivity contribution in [3.05, 3.63) is 30.6 Å². The number of nitrogens with zero attached hydrogens (tertiary/aromatic N) is 4. The van der Waals surface area contributed by atoms with E-state index in [0.717, 1.165) is 5.82 Å². The van der Waals surface area contributed by atoms with Crippen molar-refractivity contribution < 1.29 is 0 Å². The lowest BCUT2D eigenvalue weighted by molar-refractivity contribution is 0.810. The second-order valence-electron chi connectivity index (χ2n) is 3.24. The van der Waals surface area contributed by atoms with Gasteiger partial charge in [-0.2, -0.15) is 0 Å². The average molecular weight is 219 g/mol. The third-order valence-electron chi connectivity index (χ3n) is 2.13. The summed E-state index contributed by atoms with van der Waals surface area (Å²) in [4.78, 5) is 12.3. The lowest BCUT2D eigenvalue weighted by Crippen LogP contribution is -2.11. The molecule has 0 bridgehead atoms. The molecule has 2 aromatic heterocycles. The number of aromatic nitrogens is 4. The smallest absolute Gasteiger partial charge is 0.160 e. The maximum atomic E-state index is 5.24. The van der Waals surface area contributed by atoms with Crippen LogP contribution >= 0.6 is 0 Å². The molecule has 4 N–H and O–H groups in total. The molecule has 2 heterocycles. The first-order chi connectivity index (χ1) is 7.79. The average Bonchev–Trinajstić information content (AvgIpc) is 2.72. The van der Waals surface area contributed by atoms with Crippen LogP contribution in [0.5, 0.6) is 0 Å². The Morgan fingerprint density at radius 1 is 1.38 bits per heavy atom. The molecule has 0 saturated carbocycles. The Labute approximate surface area is 92.7 Å². The lowest BCUT2D eigenvalue weighted by atomic mass is 10.5. The van der Waals surface area contributed by atoms with Crippen LogP contribution in [-0.4, -0.2) is 19.5 Å². The third-order valence-corrected chi connectivity index (χ3v) is 2.13. The molecule has 0 atom stereocenters. The van der Waals surface area contributed by atoms with Gasteiger partial charge in [0.25, 0.3) is 0 Å². The van der Waals surface area contributed by atoms with E-state index in [4.69, 9.17) is 5.84 Å². The van der Waals surface area contributed by atoms with Gasteiger partial charge in [-0.05, 0) is 0 Å². The molecule has 0 radical (unpaired) electrons. The van der Waals surface area contributed by atoms with Gasteiger partial charge in [-0.3, -0.25) is 4.98 Å². The highest BCUT2D eigenvalue weighted by atomic mass is 15.3. The maximum Gasteiger partial charge on any atom is 0.160 e. The Morgan fingerprint density at radius 3 is 2.88 bits per heavy atom.